The number of aryl methyl sites for hydroxylation is 1. The molecule has 1 saturated carbocycles. The number of aromatic nitrogens is 1. The Labute approximate surface area is 75.6 Å². The summed E-state index contributed by atoms with van der Waals surface area (Å²) >= 11 is 1.55. The Hall–Kier alpha value is -0.700. The molecule has 1 heterocycles. The average molecular weight is 181 g/mol. The maximum atomic E-state index is 10.5. The molecule has 1 aliphatic carbocycles. The minimum atomic E-state index is 0.647. The van der Waals surface area contributed by atoms with Gasteiger partial charge in [0.1, 0.15) is 0 Å². The highest BCUT2D eigenvalue weighted by Crippen LogP contribution is 2.42. The highest BCUT2D eigenvalue weighted by atomic mass is 32.1. The second-order valence-corrected chi connectivity index (χ2v) is 4.22. The lowest BCUT2D eigenvalue weighted by Crippen LogP contribution is -1.85. The number of aldehydes is 1. The first kappa shape index (κ1) is 7.92. The van der Waals surface area contributed by atoms with Crippen LogP contribution in [0.3, 0.4) is 0 Å². The van der Waals surface area contributed by atoms with Crippen LogP contribution < -0.4 is 0 Å². The van der Waals surface area contributed by atoms with Crippen LogP contribution in [-0.2, 0) is 6.42 Å². The predicted octanol–water partition coefficient (Wildman–Crippen LogP) is 2.40. The van der Waals surface area contributed by atoms with E-state index in [0.29, 0.717) is 10.9 Å². The van der Waals surface area contributed by atoms with Crippen LogP contribution >= 0.6 is 11.3 Å². The molecule has 0 radical (unpaired) electrons. The van der Waals surface area contributed by atoms with Crippen molar-refractivity contribution in [3.63, 3.8) is 0 Å². The molecule has 0 unspecified atom stereocenters. The molecular formula is C9H11NOS. The van der Waals surface area contributed by atoms with Gasteiger partial charge in [-0.15, -0.1) is 11.3 Å². The Morgan fingerprint density at radius 2 is 2.42 bits per heavy atom. The molecule has 0 atom stereocenters. The second-order valence-electron chi connectivity index (χ2n) is 3.11. The van der Waals surface area contributed by atoms with E-state index >= 15 is 0 Å². The van der Waals surface area contributed by atoms with Gasteiger partial charge in [0, 0.05) is 10.8 Å². The number of carbonyl (C=O) groups is 1. The summed E-state index contributed by atoms with van der Waals surface area (Å²) in [7, 11) is 0. The third-order valence-electron chi connectivity index (χ3n) is 2.13. The molecule has 0 bridgehead atoms. The summed E-state index contributed by atoms with van der Waals surface area (Å²) in [6.45, 7) is 2.12. The third kappa shape index (κ3) is 1.29. The van der Waals surface area contributed by atoms with Gasteiger partial charge in [0.25, 0.3) is 0 Å². The van der Waals surface area contributed by atoms with Crippen LogP contribution in [0.1, 0.15) is 46.1 Å². The van der Waals surface area contributed by atoms with Crippen LogP contribution in [0.5, 0.6) is 0 Å². The fourth-order valence-corrected chi connectivity index (χ4v) is 2.27. The van der Waals surface area contributed by atoms with Crippen LogP contribution in [0.4, 0.5) is 0 Å². The van der Waals surface area contributed by atoms with Gasteiger partial charge in [-0.25, -0.2) is 4.98 Å². The van der Waals surface area contributed by atoms with E-state index in [2.05, 4.69) is 11.9 Å². The van der Waals surface area contributed by atoms with Crippen LogP contribution in [0.15, 0.2) is 0 Å². The van der Waals surface area contributed by atoms with Gasteiger partial charge in [-0.1, -0.05) is 6.92 Å². The summed E-state index contributed by atoms with van der Waals surface area (Å²) in [5.74, 6) is 0.671. The molecule has 1 fully saturated rings. The highest BCUT2D eigenvalue weighted by molar-refractivity contribution is 7.13. The van der Waals surface area contributed by atoms with Crippen LogP contribution in [0.2, 0.25) is 0 Å². The van der Waals surface area contributed by atoms with Crippen molar-refractivity contribution in [3.05, 3.63) is 15.6 Å². The van der Waals surface area contributed by atoms with E-state index in [1.165, 1.54) is 23.4 Å². The topological polar surface area (TPSA) is 30.0 Å². The maximum Gasteiger partial charge on any atom is 0.178 e. The fraction of sp³-hybridized carbons (Fsp3) is 0.556. The highest BCUT2D eigenvalue weighted by Gasteiger charge is 2.28. The number of rotatable bonds is 3. The van der Waals surface area contributed by atoms with Crippen molar-refractivity contribution in [1.82, 2.24) is 4.98 Å². The number of carbonyl (C=O) groups excluding carboxylic acids is 1. The Kier molecular flexibility index (Phi) is 1.97. The van der Waals surface area contributed by atoms with Crippen LogP contribution in [-0.4, -0.2) is 11.3 Å². The van der Waals surface area contributed by atoms with E-state index in [4.69, 9.17) is 0 Å². The van der Waals surface area contributed by atoms with Crippen molar-refractivity contribution in [1.29, 1.82) is 0 Å². The minimum Gasteiger partial charge on any atom is -0.295 e. The van der Waals surface area contributed by atoms with Gasteiger partial charge in [0.15, 0.2) is 11.3 Å². The molecular weight excluding hydrogens is 170 g/mol. The zero-order valence-corrected chi connectivity index (χ0v) is 7.86. The lowest BCUT2D eigenvalue weighted by molar-refractivity contribution is 0.112. The van der Waals surface area contributed by atoms with Gasteiger partial charge in [-0.05, 0) is 19.3 Å². The Balaban J connectivity index is 2.35. The molecule has 64 valence electrons. The van der Waals surface area contributed by atoms with Gasteiger partial charge in [-0.3, -0.25) is 4.79 Å². The summed E-state index contributed by atoms with van der Waals surface area (Å²) in [4.78, 5) is 16.1. The molecule has 1 aromatic rings. The van der Waals surface area contributed by atoms with Gasteiger partial charge in [0.2, 0.25) is 0 Å². The lowest BCUT2D eigenvalue weighted by Gasteiger charge is -1.93. The van der Waals surface area contributed by atoms with Gasteiger partial charge in [-0.2, -0.15) is 0 Å². The first-order chi connectivity index (χ1) is 5.85. The Morgan fingerprint density at radius 1 is 1.67 bits per heavy atom. The van der Waals surface area contributed by atoms with E-state index in [-0.39, 0.29) is 0 Å². The second kappa shape index (κ2) is 2.98. The molecule has 1 aliphatic rings. The normalized spacial score (nSPS) is 16.4. The van der Waals surface area contributed by atoms with Crippen molar-refractivity contribution in [3.8, 4) is 0 Å². The molecule has 2 nitrogen and oxygen atoms in total. The quantitative estimate of drug-likeness (QED) is 0.670. The van der Waals surface area contributed by atoms with Crippen LogP contribution in [0, 0.1) is 0 Å². The molecule has 12 heavy (non-hydrogen) atoms. The Bertz CT molecular complexity index is 301. The van der Waals surface area contributed by atoms with Gasteiger partial charge >= 0.3 is 0 Å². The molecule has 2 rings (SSSR count). The van der Waals surface area contributed by atoms with E-state index in [9.17, 15) is 4.79 Å². The first-order valence-electron chi connectivity index (χ1n) is 4.30. The van der Waals surface area contributed by atoms with E-state index in [0.717, 1.165) is 12.7 Å². The molecule has 3 heteroatoms. The summed E-state index contributed by atoms with van der Waals surface area (Å²) in [5, 5.41) is 0.647. The SMILES string of the molecule is CCc1sc(C=O)nc1C1CC1. The zero-order valence-electron chi connectivity index (χ0n) is 7.04. The van der Waals surface area contributed by atoms with Gasteiger partial charge < -0.3 is 0 Å². The molecule has 0 amide bonds. The van der Waals surface area contributed by atoms with Crippen molar-refractivity contribution in [2.75, 3.05) is 0 Å². The first-order valence-corrected chi connectivity index (χ1v) is 5.11. The fourth-order valence-electron chi connectivity index (χ4n) is 1.36. The molecule has 0 aromatic carbocycles. The lowest BCUT2D eigenvalue weighted by atomic mass is 10.2. The maximum absolute atomic E-state index is 10.5. The summed E-state index contributed by atoms with van der Waals surface area (Å²) in [6, 6.07) is 0. The third-order valence-corrected chi connectivity index (χ3v) is 3.27. The smallest absolute Gasteiger partial charge is 0.178 e. The standard InChI is InChI=1S/C9H11NOS/c1-2-7-9(6-3-4-6)10-8(5-11)12-7/h5-6H,2-4H2,1H3. The average Bonchev–Trinajstić information content (AvgIpc) is 2.85. The Morgan fingerprint density at radius 3 is 2.92 bits per heavy atom. The number of hydrogen-bond donors (Lipinski definition) is 0. The van der Waals surface area contributed by atoms with E-state index < -0.39 is 0 Å². The largest absolute Gasteiger partial charge is 0.295 e. The van der Waals surface area contributed by atoms with E-state index in [1.54, 1.807) is 11.3 Å². The van der Waals surface area contributed by atoms with Gasteiger partial charge in [0.05, 0.1) is 5.69 Å². The van der Waals surface area contributed by atoms with Crippen molar-refractivity contribution in [2.24, 2.45) is 0 Å². The summed E-state index contributed by atoms with van der Waals surface area (Å²) in [5.41, 5.74) is 1.20. The van der Waals surface area contributed by atoms with Crippen molar-refractivity contribution < 1.29 is 4.79 Å². The molecule has 0 saturated heterocycles. The molecule has 0 N–H and O–H groups in total. The van der Waals surface area contributed by atoms with E-state index in [1.807, 2.05) is 0 Å². The summed E-state index contributed by atoms with van der Waals surface area (Å²) < 4.78 is 0. The van der Waals surface area contributed by atoms with Crippen LogP contribution in [0.25, 0.3) is 0 Å². The molecule has 0 aliphatic heterocycles. The minimum absolute atomic E-state index is 0.647. The van der Waals surface area contributed by atoms with Crippen molar-refractivity contribution in [2.45, 2.75) is 32.1 Å². The monoisotopic (exact) mass is 181 g/mol. The zero-order chi connectivity index (χ0) is 8.55. The number of thiazole rings is 1. The molecule has 1 aromatic heterocycles. The van der Waals surface area contributed by atoms with Crippen molar-refractivity contribution >= 4 is 17.6 Å². The number of hydrogen-bond acceptors (Lipinski definition) is 3. The predicted molar refractivity (Wildman–Crippen MR) is 48.9 cm³/mol. The summed E-state index contributed by atoms with van der Waals surface area (Å²) in [6.07, 6.45) is 4.39. The number of nitrogens with zero attached hydrogens (tertiary/aromatic N) is 1. The molecule has 0 spiro atoms.